The molecule has 3 aromatic rings. The van der Waals surface area contributed by atoms with E-state index < -0.39 is 30.1 Å². The highest BCUT2D eigenvalue weighted by molar-refractivity contribution is 5.86. The Morgan fingerprint density at radius 3 is 2.10 bits per heavy atom. The van der Waals surface area contributed by atoms with Crippen LogP contribution < -0.4 is 10.6 Å². The zero-order valence-electron chi connectivity index (χ0n) is 26.9. The number of benzene rings is 3. The number of cyclic esters (lactones) is 1. The van der Waals surface area contributed by atoms with Crippen LogP contribution in [0.4, 0.5) is 4.79 Å². The number of hydrogen-bond acceptors (Lipinski definition) is 8. The van der Waals surface area contributed by atoms with Crippen molar-refractivity contribution >= 4 is 23.9 Å². The van der Waals surface area contributed by atoms with Crippen molar-refractivity contribution in [1.82, 2.24) is 15.5 Å². The number of aliphatic hydroxyl groups is 1. The fourth-order valence-electron chi connectivity index (χ4n) is 5.08. The average Bonchev–Trinajstić information content (AvgIpc) is 3.10. The van der Waals surface area contributed by atoms with E-state index >= 15 is 0 Å². The number of amides is 3. The third-order valence-corrected chi connectivity index (χ3v) is 7.68. The van der Waals surface area contributed by atoms with Crippen molar-refractivity contribution in [3.8, 4) is 0 Å². The van der Waals surface area contributed by atoms with Crippen LogP contribution in [0.1, 0.15) is 36.0 Å². The van der Waals surface area contributed by atoms with Crippen LogP contribution in [0.15, 0.2) is 103 Å². The number of carbonyl (C=O) groups is 4. The molecule has 3 aromatic carbocycles. The van der Waals surface area contributed by atoms with Crippen LogP contribution in [0, 0.1) is 5.92 Å². The molecule has 0 aromatic heterocycles. The summed E-state index contributed by atoms with van der Waals surface area (Å²) in [5.74, 6) is -2.11. The van der Waals surface area contributed by atoms with E-state index in [-0.39, 0.29) is 70.7 Å². The lowest BCUT2D eigenvalue weighted by Crippen LogP contribution is -2.48. The number of ether oxygens (including phenoxy) is 3. The first-order valence-electron chi connectivity index (χ1n) is 16.0. The minimum absolute atomic E-state index is 0.0322. The highest BCUT2D eigenvalue weighted by atomic mass is 16.6. The summed E-state index contributed by atoms with van der Waals surface area (Å²) in [6.07, 6.45) is 2.79. The van der Waals surface area contributed by atoms with Crippen molar-refractivity contribution in [3.63, 3.8) is 0 Å². The molecule has 0 saturated carbocycles. The van der Waals surface area contributed by atoms with E-state index in [0.29, 0.717) is 6.54 Å². The maximum Gasteiger partial charge on any atom is 0.408 e. The van der Waals surface area contributed by atoms with Gasteiger partial charge in [-0.15, -0.1) is 0 Å². The second-order valence-corrected chi connectivity index (χ2v) is 11.5. The summed E-state index contributed by atoms with van der Waals surface area (Å²) in [6.45, 7) is 0.326. The number of alkyl carbamates (subject to hydrolysis) is 1. The second kappa shape index (κ2) is 19.6. The molecule has 254 valence electrons. The van der Waals surface area contributed by atoms with E-state index in [9.17, 15) is 24.3 Å². The Labute approximate surface area is 280 Å². The van der Waals surface area contributed by atoms with E-state index in [1.165, 1.54) is 4.90 Å². The summed E-state index contributed by atoms with van der Waals surface area (Å²) in [4.78, 5) is 54.3. The van der Waals surface area contributed by atoms with Crippen molar-refractivity contribution in [3.05, 3.63) is 120 Å². The van der Waals surface area contributed by atoms with E-state index in [1.54, 1.807) is 12.2 Å². The number of carbonyl (C=O) groups excluding carboxylic acids is 4. The zero-order chi connectivity index (χ0) is 34.0. The summed E-state index contributed by atoms with van der Waals surface area (Å²) in [5, 5.41) is 15.1. The number of esters is 1. The van der Waals surface area contributed by atoms with E-state index in [4.69, 9.17) is 14.2 Å². The molecule has 1 aliphatic rings. The van der Waals surface area contributed by atoms with E-state index in [2.05, 4.69) is 10.6 Å². The number of allylic oxidation sites excluding steroid dienone is 1. The van der Waals surface area contributed by atoms with Crippen LogP contribution in [0.2, 0.25) is 0 Å². The van der Waals surface area contributed by atoms with Crippen LogP contribution in [-0.2, 0) is 48.4 Å². The molecule has 11 nitrogen and oxygen atoms in total. The lowest BCUT2D eigenvalue weighted by Gasteiger charge is -2.26. The lowest BCUT2D eigenvalue weighted by molar-refractivity contribution is -0.148. The molecule has 0 unspecified atom stereocenters. The molecule has 0 fully saturated rings. The minimum Gasteiger partial charge on any atom is -0.462 e. The molecule has 1 aliphatic heterocycles. The van der Waals surface area contributed by atoms with Gasteiger partial charge in [0.05, 0.1) is 31.8 Å². The summed E-state index contributed by atoms with van der Waals surface area (Å²) >= 11 is 0. The fourth-order valence-corrected chi connectivity index (χ4v) is 5.08. The molecule has 3 amide bonds. The van der Waals surface area contributed by atoms with Crippen LogP contribution in [0.25, 0.3) is 0 Å². The topological polar surface area (TPSA) is 144 Å². The van der Waals surface area contributed by atoms with Crippen LogP contribution >= 0.6 is 0 Å². The summed E-state index contributed by atoms with van der Waals surface area (Å²) in [6, 6.07) is 26.3. The van der Waals surface area contributed by atoms with Crippen molar-refractivity contribution in [2.24, 2.45) is 5.92 Å². The molecule has 0 saturated heterocycles. The molecule has 11 heteroatoms. The summed E-state index contributed by atoms with van der Waals surface area (Å²) < 4.78 is 16.7. The quantitative estimate of drug-likeness (QED) is 0.186. The SMILES string of the molecule is O=C(N[C@@H]1CC=CC[C@H](CC(=O)N(CCO)Cc2ccccc2)C(=O)N[C@@H](COCc2ccccc2)COC1=O)OCc1ccccc1. The van der Waals surface area contributed by atoms with Gasteiger partial charge >= 0.3 is 12.1 Å². The highest BCUT2D eigenvalue weighted by Crippen LogP contribution is 2.17. The largest absolute Gasteiger partial charge is 0.462 e. The van der Waals surface area contributed by atoms with Crippen LogP contribution in [0.3, 0.4) is 0 Å². The van der Waals surface area contributed by atoms with Crippen molar-refractivity contribution in [2.45, 2.75) is 51.1 Å². The molecule has 48 heavy (non-hydrogen) atoms. The van der Waals surface area contributed by atoms with Crippen molar-refractivity contribution in [1.29, 1.82) is 0 Å². The predicted molar refractivity (Wildman–Crippen MR) is 178 cm³/mol. The summed E-state index contributed by atoms with van der Waals surface area (Å²) in [7, 11) is 0. The Morgan fingerprint density at radius 1 is 0.854 bits per heavy atom. The summed E-state index contributed by atoms with van der Waals surface area (Å²) in [5.41, 5.74) is 2.63. The smallest absolute Gasteiger partial charge is 0.408 e. The zero-order valence-corrected chi connectivity index (χ0v) is 26.9. The van der Waals surface area contributed by atoms with Gasteiger partial charge in [-0.1, -0.05) is 103 Å². The Kier molecular flexibility index (Phi) is 14.6. The number of aliphatic hydroxyl groups excluding tert-OH is 1. The molecule has 3 N–H and O–H groups in total. The number of rotatable bonds is 13. The van der Waals surface area contributed by atoms with Crippen molar-refractivity contribution < 1.29 is 38.5 Å². The molecular formula is C37H43N3O8. The Hall–Kier alpha value is -5.00. The van der Waals surface area contributed by atoms with Gasteiger partial charge in [0.25, 0.3) is 0 Å². The Bertz CT molecular complexity index is 1470. The van der Waals surface area contributed by atoms with Gasteiger partial charge in [0.15, 0.2) is 0 Å². The third-order valence-electron chi connectivity index (χ3n) is 7.68. The molecule has 0 bridgehead atoms. The van der Waals surface area contributed by atoms with Crippen molar-refractivity contribution in [2.75, 3.05) is 26.4 Å². The first kappa shape index (κ1) is 35.8. The highest BCUT2D eigenvalue weighted by Gasteiger charge is 2.29. The second-order valence-electron chi connectivity index (χ2n) is 11.5. The maximum atomic E-state index is 13.6. The molecule has 4 rings (SSSR count). The third kappa shape index (κ3) is 12.3. The van der Waals surface area contributed by atoms with Gasteiger partial charge in [0.1, 0.15) is 19.3 Å². The average molecular weight is 658 g/mol. The normalized spacial score (nSPS) is 18.4. The first-order valence-corrected chi connectivity index (χ1v) is 16.0. The van der Waals surface area contributed by atoms with Gasteiger partial charge in [-0.2, -0.15) is 0 Å². The number of nitrogens with zero attached hydrogens (tertiary/aromatic N) is 1. The van der Waals surface area contributed by atoms with Crippen LogP contribution in [-0.4, -0.2) is 72.3 Å². The number of hydrogen-bond donors (Lipinski definition) is 3. The predicted octanol–water partition coefficient (Wildman–Crippen LogP) is 3.90. The van der Waals surface area contributed by atoms with E-state index in [1.807, 2.05) is 91.0 Å². The maximum absolute atomic E-state index is 13.6. The Balaban J connectivity index is 1.46. The molecule has 0 spiro atoms. The molecule has 1 heterocycles. The van der Waals surface area contributed by atoms with E-state index in [0.717, 1.165) is 16.7 Å². The first-order chi connectivity index (χ1) is 23.4. The monoisotopic (exact) mass is 657 g/mol. The number of nitrogens with one attached hydrogen (secondary N) is 2. The molecular weight excluding hydrogens is 614 g/mol. The molecule has 3 atom stereocenters. The standard InChI is InChI=1S/C37H43N3O8/c41-21-20-40(23-28-12-4-1-5-13-28)34(42)22-31-18-10-11-19-33(39-37(45)48-25-30-16-8-3-9-17-30)36(44)47-27-32(38-35(31)43)26-46-24-29-14-6-2-7-15-29/h1-17,31-33,41H,18-27H2,(H,38,43)(H,39,45)/t31-,32+,33-/m1/s1. The Morgan fingerprint density at radius 2 is 1.46 bits per heavy atom. The molecule has 0 aliphatic carbocycles. The fraction of sp³-hybridized carbons (Fsp3) is 0.351. The van der Waals surface area contributed by atoms with Gasteiger partial charge in [-0.05, 0) is 29.5 Å². The van der Waals surface area contributed by atoms with Gasteiger partial charge in [-0.25, -0.2) is 9.59 Å². The van der Waals surface area contributed by atoms with Crippen LogP contribution in [0.5, 0.6) is 0 Å². The van der Waals surface area contributed by atoms with Gasteiger partial charge in [-0.3, -0.25) is 9.59 Å². The minimum atomic E-state index is -1.04. The van der Waals surface area contributed by atoms with Gasteiger partial charge in [0.2, 0.25) is 11.8 Å². The lowest BCUT2D eigenvalue weighted by atomic mass is 9.97. The molecule has 0 radical (unpaired) electrons. The van der Waals surface area contributed by atoms with Gasteiger partial charge in [0, 0.05) is 19.5 Å². The van der Waals surface area contributed by atoms with Gasteiger partial charge < -0.3 is 34.9 Å².